The SMILES string of the molecule is COc1ccc(C(=O)[C@@H]2[C@H](C(=O)c3ccc(Br)cc3)[C@]3(C(=O)Nc4ccccc43)[C@H]3C=Cc4ccccc4N23)cc1. The van der Waals surface area contributed by atoms with Crippen molar-refractivity contribution in [2.45, 2.75) is 17.5 Å². The van der Waals surface area contributed by atoms with E-state index in [9.17, 15) is 14.4 Å². The molecule has 4 aromatic carbocycles. The van der Waals surface area contributed by atoms with Crippen molar-refractivity contribution in [3.8, 4) is 5.75 Å². The maximum absolute atomic E-state index is 14.8. The van der Waals surface area contributed by atoms with Gasteiger partial charge in [0.2, 0.25) is 5.91 Å². The third-order valence-electron chi connectivity index (χ3n) is 8.60. The number of carbonyl (C=O) groups excluding carboxylic acids is 3. The highest BCUT2D eigenvalue weighted by Gasteiger charge is 2.70. The number of amides is 1. The number of Topliss-reactive ketones (excluding diaryl/α,β-unsaturated/α-hetero) is 2. The van der Waals surface area contributed by atoms with E-state index < -0.39 is 23.4 Å². The molecule has 4 atom stereocenters. The van der Waals surface area contributed by atoms with Crippen LogP contribution in [-0.4, -0.2) is 36.7 Å². The van der Waals surface area contributed by atoms with Crippen molar-refractivity contribution in [2.24, 2.45) is 5.92 Å². The van der Waals surface area contributed by atoms with Crippen molar-refractivity contribution >= 4 is 50.9 Å². The lowest BCUT2D eigenvalue weighted by Crippen LogP contribution is -2.51. The third-order valence-corrected chi connectivity index (χ3v) is 9.12. The molecule has 0 saturated carbocycles. The number of rotatable bonds is 5. The fourth-order valence-electron chi connectivity index (χ4n) is 6.84. The van der Waals surface area contributed by atoms with Crippen molar-refractivity contribution < 1.29 is 19.1 Å². The highest BCUT2D eigenvalue weighted by atomic mass is 79.9. The Bertz CT molecular complexity index is 1750. The first-order valence-electron chi connectivity index (χ1n) is 13.4. The van der Waals surface area contributed by atoms with Gasteiger partial charge in [0, 0.05) is 27.0 Å². The van der Waals surface area contributed by atoms with Crippen LogP contribution in [0.1, 0.15) is 31.8 Å². The highest BCUT2D eigenvalue weighted by molar-refractivity contribution is 9.10. The van der Waals surface area contributed by atoms with Crippen LogP contribution < -0.4 is 15.0 Å². The topological polar surface area (TPSA) is 75.7 Å². The lowest BCUT2D eigenvalue weighted by Gasteiger charge is -2.37. The van der Waals surface area contributed by atoms with Crippen LogP contribution >= 0.6 is 15.9 Å². The first-order chi connectivity index (χ1) is 19.9. The molecule has 7 rings (SSSR count). The van der Waals surface area contributed by atoms with Gasteiger partial charge in [0.05, 0.1) is 19.1 Å². The Labute approximate surface area is 245 Å². The molecule has 3 aliphatic rings. The standard InChI is InChI=1S/C34H25BrN2O4/c1-41-24-17-12-22(13-18-24)32(39)30-29(31(38)21-10-15-23(35)16-11-21)34(25-7-3-4-8-26(25)36-33(34)40)28-19-14-20-6-2-5-9-27(20)37(28)30/h2-19,28-30H,1H3,(H,36,40)/t28-,29-,30+,34-/m1/s1. The van der Waals surface area contributed by atoms with Crippen LogP contribution in [0.15, 0.2) is 108 Å². The molecule has 1 N–H and O–H groups in total. The van der Waals surface area contributed by atoms with Crippen LogP contribution in [0.3, 0.4) is 0 Å². The van der Waals surface area contributed by atoms with Crippen LogP contribution in [0, 0.1) is 5.92 Å². The van der Waals surface area contributed by atoms with Gasteiger partial charge in [-0.25, -0.2) is 0 Å². The molecular weight excluding hydrogens is 580 g/mol. The molecule has 1 spiro atoms. The molecule has 1 fully saturated rings. The van der Waals surface area contributed by atoms with E-state index in [1.807, 2.05) is 65.6 Å². The fourth-order valence-corrected chi connectivity index (χ4v) is 7.10. The average molecular weight is 605 g/mol. The number of para-hydroxylation sites is 2. The molecule has 1 amide bonds. The molecule has 0 bridgehead atoms. The van der Waals surface area contributed by atoms with Crippen molar-refractivity contribution in [3.05, 3.63) is 130 Å². The molecule has 0 aliphatic carbocycles. The lowest BCUT2D eigenvalue weighted by molar-refractivity contribution is -0.121. The number of ether oxygens (including phenoxy) is 1. The number of nitrogens with one attached hydrogen (secondary N) is 1. The monoisotopic (exact) mass is 604 g/mol. The Kier molecular flexibility index (Phi) is 5.94. The zero-order valence-corrected chi connectivity index (χ0v) is 23.7. The summed E-state index contributed by atoms with van der Waals surface area (Å²) in [5.41, 5.74) is 2.68. The minimum Gasteiger partial charge on any atom is -0.497 e. The molecular formula is C34H25BrN2O4. The predicted molar refractivity (Wildman–Crippen MR) is 162 cm³/mol. The molecule has 1 saturated heterocycles. The maximum atomic E-state index is 14.8. The van der Waals surface area contributed by atoms with Gasteiger partial charge in [-0.2, -0.15) is 0 Å². The summed E-state index contributed by atoms with van der Waals surface area (Å²) in [4.78, 5) is 45.8. The number of hydrogen-bond donors (Lipinski definition) is 1. The first-order valence-corrected chi connectivity index (χ1v) is 14.2. The molecule has 7 heteroatoms. The van der Waals surface area contributed by atoms with Crippen LogP contribution in [0.4, 0.5) is 11.4 Å². The number of halogens is 1. The molecule has 0 radical (unpaired) electrons. The summed E-state index contributed by atoms with van der Waals surface area (Å²) in [5, 5.41) is 3.06. The number of anilines is 2. The molecule has 41 heavy (non-hydrogen) atoms. The van der Waals surface area contributed by atoms with Gasteiger partial charge in [-0.3, -0.25) is 14.4 Å². The Morgan fingerprint density at radius 1 is 0.854 bits per heavy atom. The van der Waals surface area contributed by atoms with Gasteiger partial charge in [0.15, 0.2) is 11.6 Å². The Morgan fingerprint density at radius 3 is 2.27 bits per heavy atom. The van der Waals surface area contributed by atoms with E-state index in [1.54, 1.807) is 55.6 Å². The lowest BCUT2D eigenvalue weighted by atomic mass is 9.64. The summed E-state index contributed by atoms with van der Waals surface area (Å²) in [6, 6.07) is 27.8. The minimum atomic E-state index is -1.34. The van der Waals surface area contributed by atoms with Gasteiger partial charge in [0.25, 0.3) is 0 Å². The van der Waals surface area contributed by atoms with Crippen molar-refractivity contribution in [1.29, 1.82) is 0 Å². The summed E-state index contributed by atoms with van der Waals surface area (Å²) in [7, 11) is 1.57. The first kappa shape index (κ1) is 25.5. The highest BCUT2D eigenvalue weighted by Crippen LogP contribution is 2.58. The molecule has 6 nitrogen and oxygen atoms in total. The molecule has 0 aromatic heterocycles. The zero-order valence-electron chi connectivity index (χ0n) is 22.1. The predicted octanol–water partition coefficient (Wildman–Crippen LogP) is 6.31. The van der Waals surface area contributed by atoms with Gasteiger partial charge in [0.1, 0.15) is 17.2 Å². The van der Waals surface area contributed by atoms with Gasteiger partial charge in [-0.05, 0) is 59.7 Å². The van der Waals surface area contributed by atoms with E-state index in [2.05, 4.69) is 21.2 Å². The minimum absolute atomic E-state index is 0.229. The molecule has 4 aromatic rings. The Morgan fingerprint density at radius 2 is 1.51 bits per heavy atom. The maximum Gasteiger partial charge on any atom is 0.238 e. The number of nitrogens with zero attached hydrogens (tertiary/aromatic N) is 1. The fraction of sp³-hybridized carbons (Fsp3) is 0.147. The van der Waals surface area contributed by atoms with Crippen molar-refractivity contribution in [1.82, 2.24) is 0 Å². The van der Waals surface area contributed by atoms with E-state index in [1.165, 1.54) is 0 Å². The summed E-state index contributed by atoms with van der Waals surface area (Å²) in [6.07, 6.45) is 3.97. The molecule has 202 valence electrons. The van der Waals surface area contributed by atoms with Gasteiger partial charge in [-0.15, -0.1) is 0 Å². The van der Waals surface area contributed by atoms with E-state index in [0.29, 0.717) is 22.6 Å². The number of ketones is 2. The summed E-state index contributed by atoms with van der Waals surface area (Å²) < 4.78 is 6.15. The molecule has 0 unspecified atom stereocenters. The molecule has 3 heterocycles. The number of carbonyl (C=O) groups is 3. The van der Waals surface area contributed by atoms with Crippen LogP contribution in [-0.2, 0) is 10.2 Å². The van der Waals surface area contributed by atoms with Gasteiger partial charge < -0.3 is 15.0 Å². The van der Waals surface area contributed by atoms with Gasteiger partial charge in [-0.1, -0.05) is 76.6 Å². The number of hydrogen-bond acceptors (Lipinski definition) is 5. The van der Waals surface area contributed by atoms with Crippen molar-refractivity contribution in [2.75, 3.05) is 17.3 Å². The summed E-state index contributed by atoms with van der Waals surface area (Å²) >= 11 is 3.46. The van der Waals surface area contributed by atoms with E-state index in [4.69, 9.17) is 4.74 Å². The number of fused-ring (bicyclic) bond motifs is 6. The largest absolute Gasteiger partial charge is 0.497 e. The number of benzene rings is 4. The normalized spacial score (nSPS) is 23.5. The second-order valence-corrected chi connectivity index (χ2v) is 11.4. The summed E-state index contributed by atoms with van der Waals surface area (Å²) in [6.45, 7) is 0. The number of methoxy groups -OCH3 is 1. The van der Waals surface area contributed by atoms with Gasteiger partial charge >= 0.3 is 0 Å². The molecule has 3 aliphatic heterocycles. The third kappa shape index (κ3) is 3.65. The average Bonchev–Trinajstić information content (AvgIpc) is 3.49. The van der Waals surface area contributed by atoms with E-state index in [0.717, 1.165) is 21.3 Å². The van der Waals surface area contributed by atoms with Crippen molar-refractivity contribution in [3.63, 3.8) is 0 Å². The van der Waals surface area contributed by atoms with E-state index >= 15 is 0 Å². The Balaban J connectivity index is 1.52. The zero-order chi connectivity index (χ0) is 28.3. The quantitative estimate of drug-likeness (QED) is 0.270. The van der Waals surface area contributed by atoms with Crippen LogP contribution in [0.2, 0.25) is 0 Å². The van der Waals surface area contributed by atoms with Crippen LogP contribution in [0.25, 0.3) is 6.08 Å². The van der Waals surface area contributed by atoms with E-state index in [-0.39, 0.29) is 17.5 Å². The smallest absolute Gasteiger partial charge is 0.238 e. The summed E-state index contributed by atoms with van der Waals surface area (Å²) in [5.74, 6) is -1.15. The Hall–Kier alpha value is -4.49. The second-order valence-electron chi connectivity index (χ2n) is 10.5. The van der Waals surface area contributed by atoms with Crippen LogP contribution in [0.5, 0.6) is 5.75 Å². The second kappa shape index (κ2) is 9.56.